The van der Waals surface area contributed by atoms with Crippen LogP contribution in [0.3, 0.4) is 0 Å². The highest BCUT2D eigenvalue weighted by molar-refractivity contribution is 6.31. The van der Waals surface area contributed by atoms with E-state index in [0.717, 1.165) is 66.3 Å². The maximum absolute atomic E-state index is 12.1. The summed E-state index contributed by atoms with van der Waals surface area (Å²) in [4.78, 5) is 16.9. The Balaban J connectivity index is 1.26. The third-order valence-corrected chi connectivity index (χ3v) is 6.25. The first-order valence-electron chi connectivity index (χ1n) is 10.4. The quantitative estimate of drug-likeness (QED) is 0.475. The van der Waals surface area contributed by atoms with Crippen LogP contribution in [0.1, 0.15) is 12.5 Å². The average Bonchev–Trinajstić information content (AvgIpc) is 3.31. The molecular weight excluding hydrogens is 402 g/mol. The number of fused-ring (bicyclic) bond motifs is 2. The van der Waals surface area contributed by atoms with Crippen molar-refractivity contribution in [3.8, 4) is 0 Å². The second-order valence-electron chi connectivity index (χ2n) is 7.72. The SMILES string of the molecule is CCn1c(=O)oc2c(N3CCN(CCc4coc5ccc(Cl)cc45)CC3)cccc21. The van der Waals surface area contributed by atoms with Crippen LogP contribution in [0, 0.1) is 0 Å². The molecule has 0 unspecified atom stereocenters. The zero-order chi connectivity index (χ0) is 20.7. The number of furan rings is 1. The zero-order valence-corrected chi connectivity index (χ0v) is 17.7. The molecule has 6 nitrogen and oxygen atoms in total. The van der Waals surface area contributed by atoms with E-state index in [0.29, 0.717) is 12.1 Å². The van der Waals surface area contributed by atoms with Crippen molar-refractivity contribution < 1.29 is 8.83 Å². The van der Waals surface area contributed by atoms with Gasteiger partial charge in [0.05, 0.1) is 17.5 Å². The van der Waals surface area contributed by atoms with E-state index >= 15 is 0 Å². The average molecular weight is 426 g/mol. The van der Waals surface area contributed by atoms with Crippen LogP contribution in [-0.4, -0.2) is 42.2 Å². The molecule has 30 heavy (non-hydrogen) atoms. The molecule has 0 amide bonds. The molecule has 0 N–H and O–H groups in total. The molecule has 0 radical (unpaired) electrons. The van der Waals surface area contributed by atoms with Crippen molar-refractivity contribution in [2.45, 2.75) is 19.9 Å². The van der Waals surface area contributed by atoms with Crippen LogP contribution in [0.25, 0.3) is 22.1 Å². The van der Waals surface area contributed by atoms with Gasteiger partial charge in [-0.25, -0.2) is 4.79 Å². The Labute approximate surface area is 179 Å². The fourth-order valence-corrected chi connectivity index (χ4v) is 4.53. The zero-order valence-electron chi connectivity index (χ0n) is 16.9. The molecule has 0 bridgehead atoms. The lowest BCUT2D eigenvalue weighted by Crippen LogP contribution is -2.47. The van der Waals surface area contributed by atoms with E-state index in [1.807, 2.05) is 49.6 Å². The second-order valence-corrected chi connectivity index (χ2v) is 8.15. The summed E-state index contributed by atoms with van der Waals surface area (Å²) in [5, 5.41) is 1.83. The predicted molar refractivity (Wildman–Crippen MR) is 120 cm³/mol. The molecule has 1 aliphatic heterocycles. The molecule has 1 fully saturated rings. The summed E-state index contributed by atoms with van der Waals surface area (Å²) in [7, 11) is 0. The Bertz CT molecular complexity index is 1250. The number of nitrogens with zero attached hydrogens (tertiary/aromatic N) is 3. The summed E-state index contributed by atoms with van der Waals surface area (Å²) < 4.78 is 12.9. The van der Waals surface area contributed by atoms with Crippen molar-refractivity contribution in [3.63, 3.8) is 0 Å². The molecule has 0 saturated carbocycles. The fraction of sp³-hybridized carbons (Fsp3) is 0.348. The summed E-state index contributed by atoms with van der Waals surface area (Å²) >= 11 is 6.15. The summed E-state index contributed by atoms with van der Waals surface area (Å²) in [6.07, 6.45) is 2.77. The minimum atomic E-state index is -0.286. The highest BCUT2D eigenvalue weighted by Gasteiger charge is 2.21. The third kappa shape index (κ3) is 3.40. The normalized spacial score (nSPS) is 15.5. The molecule has 2 aromatic carbocycles. The smallest absolute Gasteiger partial charge is 0.420 e. The number of anilines is 1. The number of rotatable bonds is 5. The predicted octanol–water partition coefficient (Wildman–Crippen LogP) is 4.38. The van der Waals surface area contributed by atoms with Gasteiger partial charge in [0.2, 0.25) is 0 Å². The van der Waals surface area contributed by atoms with Gasteiger partial charge in [-0.3, -0.25) is 9.47 Å². The number of hydrogen-bond acceptors (Lipinski definition) is 5. The van der Waals surface area contributed by atoms with Crippen LogP contribution < -0.4 is 10.7 Å². The Morgan fingerprint density at radius 1 is 1.10 bits per heavy atom. The highest BCUT2D eigenvalue weighted by atomic mass is 35.5. The van der Waals surface area contributed by atoms with Crippen molar-refractivity contribution in [1.82, 2.24) is 9.47 Å². The van der Waals surface area contributed by atoms with Gasteiger partial charge in [0.25, 0.3) is 0 Å². The molecule has 5 rings (SSSR count). The lowest BCUT2D eigenvalue weighted by Gasteiger charge is -2.36. The summed E-state index contributed by atoms with van der Waals surface area (Å²) in [5.74, 6) is -0.286. The highest BCUT2D eigenvalue weighted by Crippen LogP contribution is 2.28. The van der Waals surface area contributed by atoms with Crippen molar-refractivity contribution in [2.75, 3.05) is 37.6 Å². The topological polar surface area (TPSA) is 54.8 Å². The van der Waals surface area contributed by atoms with Gasteiger partial charge in [0.1, 0.15) is 5.58 Å². The number of oxazole rings is 1. The van der Waals surface area contributed by atoms with E-state index in [1.165, 1.54) is 5.56 Å². The summed E-state index contributed by atoms with van der Waals surface area (Å²) in [6.45, 7) is 7.27. The lowest BCUT2D eigenvalue weighted by atomic mass is 10.1. The monoisotopic (exact) mass is 425 g/mol. The van der Waals surface area contributed by atoms with E-state index < -0.39 is 0 Å². The van der Waals surface area contributed by atoms with Crippen LogP contribution in [0.2, 0.25) is 5.02 Å². The molecule has 0 atom stereocenters. The van der Waals surface area contributed by atoms with Crippen LogP contribution in [-0.2, 0) is 13.0 Å². The fourth-order valence-electron chi connectivity index (χ4n) is 4.36. The summed E-state index contributed by atoms with van der Waals surface area (Å²) in [6, 6.07) is 11.7. The van der Waals surface area contributed by atoms with E-state index in [4.69, 9.17) is 20.4 Å². The van der Waals surface area contributed by atoms with E-state index in [9.17, 15) is 4.79 Å². The largest absolute Gasteiger partial charge is 0.464 e. The van der Waals surface area contributed by atoms with Crippen molar-refractivity contribution in [3.05, 3.63) is 63.8 Å². The summed E-state index contributed by atoms with van der Waals surface area (Å²) in [5.41, 5.74) is 4.65. The molecule has 0 aliphatic carbocycles. The minimum absolute atomic E-state index is 0.286. The number of hydrogen-bond donors (Lipinski definition) is 0. The number of para-hydroxylation sites is 1. The Hall–Kier alpha value is -2.70. The minimum Gasteiger partial charge on any atom is -0.464 e. The van der Waals surface area contributed by atoms with Crippen LogP contribution in [0.15, 0.2) is 56.3 Å². The molecule has 0 spiro atoms. The molecule has 156 valence electrons. The van der Waals surface area contributed by atoms with Crippen molar-refractivity contribution in [2.24, 2.45) is 0 Å². The molecule has 3 heterocycles. The third-order valence-electron chi connectivity index (χ3n) is 6.02. The first kappa shape index (κ1) is 19.3. The number of benzene rings is 2. The maximum atomic E-state index is 12.1. The Morgan fingerprint density at radius 3 is 2.73 bits per heavy atom. The van der Waals surface area contributed by atoms with E-state index in [2.05, 4.69) is 9.80 Å². The van der Waals surface area contributed by atoms with Crippen LogP contribution >= 0.6 is 11.6 Å². The Morgan fingerprint density at radius 2 is 1.93 bits per heavy atom. The molecule has 7 heteroatoms. The lowest BCUT2D eigenvalue weighted by molar-refractivity contribution is 0.261. The van der Waals surface area contributed by atoms with E-state index in [-0.39, 0.29) is 5.76 Å². The van der Waals surface area contributed by atoms with Gasteiger partial charge in [-0.1, -0.05) is 17.7 Å². The van der Waals surface area contributed by atoms with Gasteiger partial charge >= 0.3 is 5.76 Å². The number of aryl methyl sites for hydroxylation is 1. The van der Waals surface area contributed by atoms with Gasteiger partial charge in [-0.15, -0.1) is 0 Å². The number of piperazine rings is 1. The second kappa shape index (κ2) is 7.85. The van der Waals surface area contributed by atoms with Crippen LogP contribution in [0.4, 0.5) is 5.69 Å². The number of halogens is 1. The van der Waals surface area contributed by atoms with Crippen LogP contribution in [0.5, 0.6) is 0 Å². The Kier molecular flexibility index (Phi) is 5.05. The number of aromatic nitrogens is 1. The standard InChI is InChI=1S/C23H24ClN3O3/c1-2-27-20-5-3-4-19(22(20)30-23(27)28)26-12-10-25(11-13-26)9-8-16-15-29-21-7-6-17(24)14-18(16)21/h3-7,14-15H,2,8-13H2,1H3. The van der Waals surface area contributed by atoms with E-state index in [1.54, 1.807) is 4.57 Å². The molecular formula is C23H24ClN3O3. The molecule has 4 aromatic rings. The van der Waals surface area contributed by atoms with Crippen molar-refractivity contribution >= 4 is 39.4 Å². The van der Waals surface area contributed by atoms with Gasteiger partial charge in [-0.2, -0.15) is 0 Å². The van der Waals surface area contributed by atoms with Gasteiger partial charge in [0.15, 0.2) is 5.58 Å². The molecule has 1 aliphatic rings. The molecule has 1 saturated heterocycles. The van der Waals surface area contributed by atoms with Gasteiger partial charge < -0.3 is 13.7 Å². The first-order chi connectivity index (χ1) is 14.6. The maximum Gasteiger partial charge on any atom is 0.420 e. The molecule has 2 aromatic heterocycles. The van der Waals surface area contributed by atoms with Gasteiger partial charge in [-0.05, 0) is 49.2 Å². The van der Waals surface area contributed by atoms with Gasteiger partial charge in [0, 0.05) is 49.7 Å². The first-order valence-corrected chi connectivity index (χ1v) is 10.8. The van der Waals surface area contributed by atoms with Crippen molar-refractivity contribution in [1.29, 1.82) is 0 Å².